The number of ether oxygens (including phenoxy) is 3. The second kappa shape index (κ2) is 12.2. The molecule has 1 saturated heterocycles. The van der Waals surface area contributed by atoms with Crippen molar-refractivity contribution in [3.63, 3.8) is 0 Å². The van der Waals surface area contributed by atoms with Crippen LogP contribution in [0.4, 0.5) is 0 Å². The van der Waals surface area contributed by atoms with Crippen LogP contribution in [0.1, 0.15) is 34.1 Å². The molecule has 1 fully saturated rings. The number of carbonyl (C=O) groups excluding carboxylic acids is 3. The Balaban J connectivity index is 1.57. The number of benzene rings is 2. The van der Waals surface area contributed by atoms with E-state index in [1.54, 1.807) is 72.6 Å². The Labute approximate surface area is 229 Å². The molecule has 1 N–H and O–H groups in total. The lowest BCUT2D eigenvalue weighted by Crippen LogP contribution is -2.43. The van der Waals surface area contributed by atoms with Crippen molar-refractivity contribution < 1.29 is 28.6 Å². The summed E-state index contributed by atoms with van der Waals surface area (Å²) in [5.41, 5.74) is 4.36. The predicted molar refractivity (Wildman–Crippen MR) is 149 cm³/mol. The van der Waals surface area contributed by atoms with Gasteiger partial charge in [-0.15, -0.1) is 5.54 Å². The summed E-state index contributed by atoms with van der Waals surface area (Å²) >= 11 is 0. The zero-order valence-electron chi connectivity index (χ0n) is 22.5. The highest BCUT2D eigenvalue weighted by Crippen LogP contribution is 2.31. The van der Waals surface area contributed by atoms with Crippen LogP contribution in [0.25, 0.3) is 0 Å². The first kappa shape index (κ1) is 27.9. The van der Waals surface area contributed by atoms with E-state index in [4.69, 9.17) is 14.2 Å². The van der Waals surface area contributed by atoms with Crippen molar-refractivity contribution in [2.45, 2.75) is 51.4 Å². The van der Waals surface area contributed by atoms with Gasteiger partial charge in [0.1, 0.15) is 44.5 Å². The second-order valence-corrected chi connectivity index (χ2v) is 15.0. The summed E-state index contributed by atoms with van der Waals surface area (Å²) in [6, 6.07) is 17.3. The number of nitrogens with zero attached hydrogens (tertiary/aromatic N) is 1. The molecule has 0 bridgehead atoms. The summed E-state index contributed by atoms with van der Waals surface area (Å²) in [4.78, 5) is 39.9. The molecule has 8 nitrogen and oxygen atoms in total. The van der Waals surface area contributed by atoms with Gasteiger partial charge in [0, 0.05) is 12.6 Å². The summed E-state index contributed by atoms with van der Waals surface area (Å²) < 4.78 is 17.7. The summed E-state index contributed by atoms with van der Waals surface area (Å²) in [7, 11) is -1.72. The van der Waals surface area contributed by atoms with E-state index in [-0.39, 0.29) is 18.9 Å². The third-order valence-electron chi connectivity index (χ3n) is 6.03. The summed E-state index contributed by atoms with van der Waals surface area (Å²) in [6.45, 7) is 7.99. The zero-order valence-corrected chi connectivity index (χ0v) is 23.5. The first-order valence-corrected chi connectivity index (χ1v) is 16.3. The Hall–Kier alpha value is -4.13. The van der Waals surface area contributed by atoms with Crippen LogP contribution in [-0.4, -0.2) is 55.9 Å². The third kappa shape index (κ3) is 7.25. The quantitative estimate of drug-likeness (QED) is 0.330. The number of hydrogen-bond donors (Lipinski definition) is 1. The van der Waals surface area contributed by atoms with Crippen molar-refractivity contribution in [2.24, 2.45) is 0 Å². The van der Waals surface area contributed by atoms with Crippen molar-refractivity contribution in [1.82, 2.24) is 10.2 Å². The molecule has 2 aliphatic heterocycles. The topological polar surface area (TPSA) is 94.2 Å². The van der Waals surface area contributed by atoms with E-state index in [1.807, 2.05) is 12.1 Å². The number of rotatable bonds is 6. The smallest absolute Gasteiger partial charge is 0.338 e. The Morgan fingerprint density at radius 3 is 2.26 bits per heavy atom. The SMILES string of the molecule is CC=C1NC(=O)C(C#C[Si](C)(C)C)=CN1C1CC(OC(=O)c2ccccc2)C(COC(=O)c2ccccc2)O1. The van der Waals surface area contributed by atoms with Crippen molar-refractivity contribution >= 4 is 25.9 Å². The van der Waals surface area contributed by atoms with Gasteiger partial charge in [-0.3, -0.25) is 4.79 Å². The van der Waals surface area contributed by atoms with E-state index in [2.05, 4.69) is 36.4 Å². The first-order chi connectivity index (χ1) is 18.6. The normalized spacial score (nSPS) is 21.9. The van der Waals surface area contributed by atoms with Crippen molar-refractivity contribution in [2.75, 3.05) is 6.61 Å². The van der Waals surface area contributed by atoms with Gasteiger partial charge < -0.3 is 24.4 Å². The van der Waals surface area contributed by atoms with Crippen molar-refractivity contribution in [3.05, 3.63) is 95.5 Å². The monoisotopic (exact) mass is 544 g/mol. The van der Waals surface area contributed by atoms with Crippen LogP contribution in [-0.2, 0) is 19.0 Å². The molecule has 39 heavy (non-hydrogen) atoms. The maximum Gasteiger partial charge on any atom is 0.338 e. The third-order valence-corrected chi connectivity index (χ3v) is 6.90. The number of carbonyl (C=O) groups is 3. The maximum absolute atomic E-state index is 12.9. The molecule has 9 heteroatoms. The van der Waals surface area contributed by atoms with Gasteiger partial charge in [-0.1, -0.05) is 62.0 Å². The zero-order chi connectivity index (χ0) is 28.0. The highest BCUT2D eigenvalue weighted by molar-refractivity contribution is 6.83. The molecule has 0 aromatic heterocycles. The largest absolute Gasteiger partial charge is 0.459 e. The highest BCUT2D eigenvalue weighted by Gasteiger charge is 2.43. The van der Waals surface area contributed by atoms with E-state index in [0.29, 0.717) is 22.5 Å². The van der Waals surface area contributed by atoms with Gasteiger partial charge in [-0.05, 0) is 37.3 Å². The Morgan fingerprint density at radius 1 is 1.05 bits per heavy atom. The number of esters is 2. The standard InChI is InChI=1S/C30H32N2O6Si/c1-5-26-31-28(33)23(16-17-39(2,3)4)19-32(26)27-18-24(38-30(35)22-14-10-7-11-15-22)25(37-27)20-36-29(34)21-12-8-6-9-13-21/h5-15,19,24-25,27H,18,20H2,1-4H3,(H,31,33). The molecule has 0 radical (unpaired) electrons. The van der Waals surface area contributed by atoms with Gasteiger partial charge in [-0.25, -0.2) is 9.59 Å². The van der Waals surface area contributed by atoms with Gasteiger partial charge in [0.2, 0.25) is 0 Å². The van der Waals surface area contributed by atoms with Crippen molar-refractivity contribution in [3.8, 4) is 11.5 Å². The minimum atomic E-state index is -1.72. The van der Waals surface area contributed by atoms with Crippen LogP contribution >= 0.6 is 0 Å². The average Bonchev–Trinajstić information content (AvgIpc) is 3.33. The molecular weight excluding hydrogens is 512 g/mol. The summed E-state index contributed by atoms with van der Waals surface area (Å²) in [5, 5.41) is 2.87. The fourth-order valence-corrected chi connectivity index (χ4v) is 4.57. The molecule has 3 unspecified atom stereocenters. The lowest BCUT2D eigenvalue weighted by molar-refractivity contribution is -0.118. The molecule has 0 spiro atoms. The van der Waals surface area contributed by atoms with Crippen LogP contribution in [0.5, 0.6) is 0 Å². The Bertz CT molecular complexity index is 1340. The highest BCUT2D eigenvalue weighted by atomic mass is 28.3. The Morgan fingerprint density at radius 2 is 1.67 bits per heavy atom. The molecular formula is C30H32N2O6Si. The molecule has 3 atom stereocenters. The molecule has 2 aromatic carbocycles. The van der Waals surface area contributed by atoms with Crippen LogP contribution in [0.3, 0.4) is 0 Å². The maximum atomic E-state index is 12.9. The minimum absolute atomic E-state index is 0.117. The van der Waals surface area contributed by atoms with Crippen LogP contribution in [0, 0.1) is 11.5 Å². The molecule has 2 heterocycles. The minimum Gasteiger partial charge on any atom is -0.459 e. The number of amides is 1. The van der Waals surface area contributed by atoms with Gasteiger partial charge in [0.05, 0.1) is 11.1 Å². The lowest BCUT2D eigenvalue weighted by atomic mass is 10.1. The van der Waals surface area contributed by atoms with E-state index in [0.717, 1.165) is 0 Å². The Kier molecular flexibility index (Phi) is 8.69. The summed E-state index contributed by atoms with van der Waals surface area (Å²) in [6.07, 6.45) is 1.68. The fraction of sp³-hybridized carbons (Fsp3) is 0.300. The van der Waals surface area contributed by atoms with E-state index in [1.165, 1.54) is 0 Å². The summed E-state index contributed by atoms with van der Waals surface area (Å²) in [5.74, 6) is 2.26. The first-order valence-electron chi connectivity index (χ1n) is 12.8. The van der Waals surface area contributed by atoms with Crippen molar-refractivity contribution in [1.29, 1.82) is 0 Å². The number of allylic oxidation sites excluding steroid dienone is 1. The molecule has 2 aliphatic rings. The molecule has 0 saturated carbocycles. The fourth-order valence-electron chi connectivity index (χ4n) is 4.06. The van der Waals surface area contributed by atoms with Crippen LogP contribution in [0.15, 0.2) is 84.3 Å². The number of hydrogen-bond acceptors (Lipinski definition) is 7. The molecule has 2 aromatic rings. The molecule has 202 valence electrons. The van der Waals surface area contributed by atoms with Crippen LogP contribution in [0.2, 0.25) is 19.6 Å². The molecule has 4 rings (SSSR count). The van der Waals surface area contributed by atoms with Gasteiger partial charge >= 0.3 is 11.9 Å². The lowest BCUT2D eigenvalue weighted by Gasteiger charge is -2.32. The van der Waals surface area contributed by atoms with Gasteiger partial charge in [-0.2, -0.15) is 0 Å². The van der Waals surface area contributed by atoms with E-state index >= 15 is 0 Å². The average molecular weight is 545 g/mol. The van der Waals surface area contributed by atoms with Gasteiger partial charge in [0.25, 0.3) is 5.91 Å². The predicted octanol–water partition coefficient (Wildman–Crippen LogP) is 4.24. The number of nitrogens with one attached hydrogen (secondary N) is 1. The van der Waals surface area contributed by atoms with E-state index < -0.39 is 38.4 Å². The van der Waals surface area contributed by atoms with Gasteiger partial charge in [0.15, 0.2) is 0 Å². The molecule has 1 amide bonds. The molecule has 0 aliphatic carbocycles. The van der Waals surface area contributed by atoms with E-state index in [9.17, 15) is 14.4 Å². The second-order valence-electron chi connectivity index (χ2n) is 10.2. The van der Waals surface area contributed by atoms with Crippen LogP contribution < -0.4 is 5.32 Å².